The van der Waals surface area contributed by atoms with E-state index in [0.29, 0.717) is 23.9 Å². The summed E-state index contributed by atoms with van der Waals surface area (Å²) < 4.78 is 27.1. The van der Waals surface area contributed by atoms with Gasteiger partial charge in [0.15, 0.2) is 0 Å². The molecule has 1 N–H and O–H groups in total. The zero-order valence-corrected chi connectivity index (χ0v) is 16.0. The second-order valence-electron chi connectivity index (χ2n) is 6.10. The largest absolute Gasteiger partial charge is 0.329 e. The van der Waals surface area contributed by atoms with Gasteiger partial charge in [-0.25, -0.2) is 13.4 Å². The van der Waals surface area contributed by atoms with Crippen molar-refractivity contribution in [1.82, 2.24) is 9.29 Å². The first kappa shape index (κ1) is 18.9. The average Bonchev–Trinajstić information content (AvgIpc) is 2.68. The van der Waals surface area contributed by atoms with E-state index in [1.165, 1.54) is 28.4 Å². The van der Waals surface area contributed by atoms with E-state index in [1.54, 1.807) is 16.4 Å². The molecule has 1 aliphatic rings. The Morgan fingerprint density at radius 3 is 2.50 bits per heavy atom. The number of quaternary nitrogens is 1. The Hall–Kier alpha value is -1.92. The molecule has 1 aliphatic heterocycles. The lowest BCUT2D eigenvalue weighted by atomic mass is 10.2. The van der Waals surface area contributed by atoms with E-state index >= 15 is 0 Å². The molecule has 2 heterocycles. The predicted molar refractivity (Wildman–Crippen MR) is 100 cm³/mol. The number of sulfonamides is 1. The summed E-state index contributed by atoms with van der Waals surface area (Å²) in [5, 5.41) is 9.25. The first-order chi connectivity index (χ1) is 12.6. The summed E-state index contributed by atoms with van der Waals surface area (Å²) in [5.41, 5.74) is 1.27. The summed E-state index contributed by atoms with van der Waals surface area (Å²) in [6, 6.07) is 15.5. The van der Waals surface area contributed by atoms with Gasteiger partial charge in [-0.15, -0.1) is 0 Å². The number of hydrogen-bond acceptors (Lipinski definition) is 5. The molecule has 0 unspecified atom stereocenters. The van der Waals surface area contributed by atoms with Crippen molar-refractivity contribution in [3.63, 3.8) is 0 Å². The number of nitriles is 1. The van der Waals surface area contributed by atoms with E-state index in [9.17, 15) is 8.42 Å². The molecule has 0 amide bonds. The van der Waals surface area contributed by atoms with Crippen molar-refractivity contribution >= 4 is 21.8 Å². The maximum absolute atomic E-state index is 12.8. The van der Waals surface area contributed by atoms with Crippen molar-refractivity contribution in [3.05, 3.63) is 54.2 Å². The molecule has 8 heteroatoms. The third-order valence-electron chi connectivity index (χ3n) is 4.36. The lowest BCUT2D eigenvalue weighted by Crippen LogP contribution is -3.13. The molecule has 0 radical (unpaired) electrons. The first-order valence-corrected chi connectivity index (χ1v) is 10.9. The highest BCUT2D eigenvalue weighted by atomic mass is 32.2. The SMILES string of the molecule is N#CCSc1ccc(S(=O)(=O)N2CC[NH+](Cc3ccccc3)CC2)cn1. The monoisotopic (exact) mass is 389 g/mol. The Labute approximate surface area is 158 Å². The van der Waals surface area contributed by atoms with Gasteiger partial charge in [-0.2, -0.15) is 9.57 Å². The van der Waals surface area contributed by atoms with E-state index in [0.717, 1.165) is 19.6 Å². The molecule has 0 aliphatic carbocycles. The topological polar surface area (TPSA) is 78.5 Å². The minimum absolute atomic E-state index is 0.213. The number of rotatable bonds is 6. The maximum Gasteiger partial charge on any atom is 0.245 e. The molecule has 26 heavy (non-hydrogen) atoms. The van der Waals surface area contributed by atoms with Crippen LogP contribution in [-0.4, -0.2) is 49.6 Å². The zero-order valence-electron chi connectivity index (χ0n) is 14.3. The number of thioether (sulfide) groups is 1. The highest BCUT2D eigenvalue weighted by Crippen LogP contribution is 2.19. The fourth-order valence-corrected chi connectivity index (χ4v) is 4.86. The van der Waals surface area contributed by atoms with Crippen LogP contribution < -0.4 is 4.90 Å². The molecule has 2 aromatic rings. The van der Waals surface area contributed by atoms with Gasteiger partial charge in [0.2, 0.25) is 10.0 Å². The molecule has 0 saturated carbocycles. The van der Waals surface area contributed by atoms with Crippen LogP contribution in [0.4, 0.5) is 0 Å². The van der Waals surface area contributed by atoms with Crippen molar-refractivity contribution < 1.29 is 13.3 Å². The van der Waals surface area contributed by atoms with Gasteiger partial charge in [-0.05, 0) is 12.1 Å². The molecule has 0 bridgehead atoms. The molecule has 0 atom stereocenters. The number of nitrogens with one attached hydrogen (secondary N) is 1. The van der Waals surface area contributed by atoms with Gasteiger partial charge in [0, 0.05) is 11.8 Å². The van der Waals surface area contributed by atoms with E-state index in [-0.39, 0.29) is 4.90 Å². The van der Waals surface area contributed by atoms with Crippen LogP contribution in [0.1, 0.15) is 5.56 Å². The standard InChI is InChI=1S/C18H20N4O2S2/c19-8-13-25-18-7-6-17(14-20-18)26(23,24)22-11-9-21(10-12-22)15-16-4-2-1-3-5-16/h1-7,14H,9-13,15H2/p+1. The number of pyridine rings is 1. The maximum atomic E-state index is 12.8. The van der Waals surface area contributed by atoms with Crippen molar-refractivity contribution in [2.24, 2.45) is 0 Å². The molecule has 3 rings (SSSR count). The Morgan fingerprint density at radius 2 is 1.88 bits per heavy atom. The summed E-state index contributed by atoms with van der Waals surface area (Å²) >= 11 is 1.29. The predicted octanol–water partition coefficient (Wildman–Crippen LogP) is 0.787. The minimum Gasteiger partial charge on any atom is -0.329 e. The number of nitrogens with zero attached hydrogens (tertiary/aromatic N) is 3. The van der Waals surface area contributed by atoms with Gasteiger partial charge in [-0.3, -0.25) is 0 Å². The normalized spacial score (nSPS) is 16.3. The number of benzene rings is 1. The Kier molecular flexibility index (Phi) is 6.27. The van der Waals surface area contributed by atoms with Crippen LogP contribution in [0.3, 0.4) is 0 Å². The Bertz CT molecular complexity index is 856. The van der Waals surface area contributed by atoms with Gasteiger partial charge < -0.3 is 4.90 Å². The fourth-order valence-electron chi connectivity index (χ4n) is 2.96. The van der Waals surface area contributed by atoms with E-state index < -0.39 is 10.0 Å². The molecule has 0 spiro atoms. The van der Waals surface area contributed by atoms with Gasteiger partial charge in [-0.1, -0.05) is 42.1 Å². The van der Waals surface area contributed by atoms with Crippen LogP contribution in [0.5, 0.6) is 0 Å². The van der Waals surface area contributed by atoms with Crippen LogP contribution in [0.2, 0.25) is 0 Å². The summed E-state index contributed by atoms with van der Waals surface area (Å²) in [5.74, 6) is 0.297. The van der Waals surface area contributed by atoms with Crippen molar-refractivity contribution in [1.29, 1.82) is 5.26 Å². The van der Waals surface area contributed by atoms with Crippen LogP contribution in [0, 0.1) is 11.3 Å². The molecule has 1 aromatic carbocycles. The quantitative estimate of drug-likeness (QED) is 0.739. The van der Waals surface area contributed by atoms with Crippen LogP contribution >= 0.6 is 11.8 Å². The smallest absolute Gasteiger partial charge is 0.245 e. The van der Waals surface area contributed by atoms with Gasteiger partial charge >= 0.3 is 0 Å². The number of aromatic nitrogens is 1. The van der Waals surface area contributed by atoms with Crippen LogP contribution in [0.15, 0.2) is 58.6 Å². The summed E-state index contributed by atoms with van der Waals surface area (Å²) in [7, 11) is -3.51. The van der Waals surface area contributed by atoms with Gasteiger partial charge in [0.1, 0.15) is 11.4 Å². The van der Waals surface area contributed by atoms with Gasteiger partial charge in [0.25, 0.3) is 0 Å². The van der Waals surface area contributed by atoms with Crippen LogP contribution in [-0.2, 0) is 16.6 Å². The molecule has 136 valence electrons. The summed E-state index contributed by atoms with van der Waals surface area (Å²) in [6.45, 7) is 3.52. The lowest BCUT2D eigenvalue weighted by Gasteiger charge is -2.31. The highest BCUT2D eigenvalue weighted by molar-refractivity contribution is 7.99. The number of hydrogen-bond donors (Lipinski definition) is 1. The first-order valence-electron chi connectivity index (χ1n) is 8.43. The molecular weight excluding hydrogens is 368 g/mol. The summed E-state index contributed by atoms with van der Waals surface area (Å²) in [6.07, 6.45) is 1.39. The lowest BCUT2D eigenvalue weighted by molar-refractivity contribution is -0.917. The van der Waals surface area contributed by atoms with Gasteiger partial charge in [0.05, 0.1) is 43.0 Å². The van der Waals surface area contributed by atoms with E-state index in [4.69, 9.17) is 5.26 Å². The van der Waals surface area contributed by atoms with E-state index in [1.807, 2.05) is 24.3 Å². The second-order valence-corrected chi connectivity index (χ2v) is 9.03. The Morgan fingerprint density at radius 1 is 1.15 bits per heavy atom. The molecule has 1 saturated heterocycles. The third-order valence-corrected chi connectivity index (χ3v) is 7.05. The van der Waals surface area contributed by atoms with Crippen molar-refractivity contribution in [2.75, 3.05) is 31.9 Å². The fraction of sp³-hybridized carbons (Fsp3) is 0.333. The second kappa shape index (κ2) is 8.64. The van der Waals surface area contributed by atoms with Crippen LogP contribution in [0.25, 0.3) is 0 Å². The number of piperazine rings is 1. The molecule has 6 nitrogen and oxygen atoms in total. The summed E-state index contributed by atoms with van der Waals surface area (Å²) in [4.78, 5) is 5.75. The van der Waals surface area contributed by atoms with E-state index in [2.05, 4.69) is 17.1 Å². The van der Waals surface area contributed by atoms with Crippen molar-refractivity contribution in [3.8, 4) is 6.07 Å². The minimum atomic E-state index is -3.51. The average molecular weight is 390 g/mol. The van der Waals surface area contributed by atoms with Crippen molar-refractivity contribution in [2.45, 2.75) is 16.5 Å². The zero-order chi connectivity index (χ0) is 18.4. The third kappa shape index (κ3) is 4.62. The Balaban J connectivity index is 1.60. The molecule has 1 aromatic heterocycles. The molecular formula is C18H21N4O2S2+. The molecule has 1 fully saturated rings. The highest BCUT2D eigenvalue weighted by Gasteiger charge is 2.30.